The number of hydrogen-bond acceptors (Lipinski definition) is 2. The van der Waals surface area contributed by atoms with Gasteiger partial charge >= 0.3 is 0 Å². The average Bonchev–Trinajstić information content (AvgIpc) is 3.39. The minimum atomic E-state index is 0.167. The van der Waals surface area contributed by atoms with Gasteiger partial charge in [0.15, 0.2) is 0 Å². The van der Waals surface area contributed by atoms with Crippen LogP contribution in [-0.2, 0) is 4.79 Å². The first-order valence-corrected chi connectivity index (χ1v) is 12.7. The highest BCUT2D eigenvalue weighted by atomic mass is 16.1. The maximum atomic E-state index is 13.0. The minimum absolute atomic E-state index is 0.167. The fourth-order valence-electron chi connectivity index (χ4n) is 6.85. The number of amides is 1. The summed E-state index contributed by atoms with van der Waals surface area (Å²) >= 11 is 0. The number of carbonyl (C=O) groups is 1. The molecule has 32 heavy (non-hydrogen) atoms. The van der Waals surface area contributed by atoms with Crippen molar-refractivity contribution in [2.45, 2.75) is 75.9 Å². The molecule has 0 aromatic heterocycles. The lowest BCUT2D eigenvalue weighted by molar-refractivity contribution is -0.116. The van der Waals surface area contributed by atoms with Gasteiger partial charge in [0.05, 0.1) is 0 Å². The van der Waals surface area contributed by atoms with Gasteiger partial charge in [-0.1, -0.05) is 54.6 Å². The molecule has 1 unspecified atom stereocenters. The normalized spacial score (nSPS) is 28.7. The number of rotatable bonds is 5. The molecule has 2 bridgehead atoms. The van der Waals surface area contributed by atoms with Crippen molar-refractivity contribution in [3.05, 3.63) is 70.1 Å². The van der Waals surface area contributed by atoms with Crippen LogP contribution in [0.5, 0.6) is 0 Å². The Labute approximate surface area is 191 Å². The zero-order valence-electron chi connectivity index (χ0n) is 18.9. The number of hydrogen-bond donors (Lipinski definition) is 1. The molecule has 1 saturated heterocycles. The van der Waals surface area contributed by atoms with Gasteiger partial charge in [0.2, 0.25) is 5.91 Å². The second-order valence-corrected chi connectivity index (χ2v) is 10.3. The van der Waals surface area contributed by atoms with Gasteiger partial charge in [-0.2, -0.15) is 0 Å². The van der Waals surface area contributed by atoms with Crippen LogP contribution >= 0.6 is 0 Å². The van der Waals surface area contributed by atoms with Crippen LogP contribution in [0.4, 0.5) is 0 Å². The number of nitrogens with zero attached hydrogens (tertiary/aromatic N) is 1. The van der Waals surface area contributed by atoms with Crippen molar-refractivity contribution in [3.8, 4) is 0 Å². The Bertz CT molecular complexity index is 1100. The summed E-state index contributed by atoms with van der Waals surface area (Å²) in [6.45, 7) is 1.23. The maximum Gasteiger partial charge on any atom is 0.248 e. The van der Waals surface area contributed by atoms with E-state index in [1.165, 1.54) is 43.9 Å². The van der Waals surface area contributed by atoms with E-state index in [0.29, 0.717) is 18.1 Å². The molecule has 4 aliphatic rings. The first-order valence-electron chi connectivity index (χ1n) is 12.7. The summed E-state index contributed by atoms with van der Waals surface area (Å²) in [6.07, 6.45) is 12.8. The molecule has 1 amide bonds. The molecule has 166 valence electrons. The topological polar surface area (TPSA) is 32.3 Å². The molecule has 2 aliphatic carbocycles. The third kappa shape index (κ3) is 3.61. The number of nitrogens with one attached hydrogen (secondary N) is 1. The third-order valence-corrected chi connectivity index (χ3v) is 8.52. The second kappa shape index (κ2) is 8.51. The quantitative estimate of drug-likeness (QED) is 0.770. The summed E-state index contributed by atoms with van der Waals surface area (Å²) in [5.41, 5.74) is 4.17. The molecule has 2 heterocycles. The first-order chi connectivity index (χ1) is 15.8. The SMILES string of the molecule is O=C(NC1CCC(CCN2C3CC[C@H]2c2ccccc23)CC1)C1=c2ccccc2=CCC1. The van der Waals surface area contributed by atoms with E-state index in [1.807, 2.05) is 6.07 Å². The molecule has 2 fully saturated rings. The van der Waals surface area contributed by atoms with E-state index in [2.05, 4.69) is 58.8 Å². The Morgan fingerprint density at radius 1 is 0.875 bits per heavy atom. The number of carbonyl (C=O) groups excluding carboxylic acids is 1. The van der Waals surface area contributed by atoms with Gasteiger partial charge in [-0.3, -0.25) is 9.69 Å². The highest BCUT2D eigenvalue weighted by molar-refractivity contribution is 6.13. The standard InChI is InChI=1S/C29H34N2O/c32-29(26-11-5-7-21-6-1-2-8-23(21)26)30-22-14-12-20(13-15-22)18-19-31-27-16-17-28(31)25-10-4-3-9-24(25)27/h1-4,6-10,20,22,27-28H,5,11-19H2,(H,30,32)/t20?,22?,27-,28?/m0/s1. The largest absolute Gasteiger partial charge is 0.350 e. The van der Waals surface area contributed by atoms with Crippen molar-refractivity contribution in [2.75, 3.05) is 6.54 Å². The summed E-state index contributed by atoms with van der Waals surface area (Å²) in [5.74, 6) is 0.976. The monoisotopic (exact) mass is 426 g/mol. The fraction of sp³-hybridized carbons (Fsp3) is 0.483. The van der Waals surface area contributed by atoms with Gasteiger partial charge in [0.25, 0.3) is 0 Å². The van der Waals surface area contributed by atoms with E-state index >= 15 is 0 Å². The lowest BCUT2D eigenvalue weighted by Gasteiger charge is -2.31. The van der Waals surface area contributed by atoms with Crippen LogP contribution < -0.4 is 15.8 Å². The second-order valence-electron chi connectivity index (χ2n) is 10.3. The van der Waals surface area contributed by atoms with Crippen molar-refractivity contribution in [1.82, 2.24) is 10.2 Å². The Kier molecular flexibility index (Phi) is 5.38. The maximum absolute atomic E-state index is 13.0. The Morgan fingerprint density at radius 3 is 2.31 bits per heavy atom. The number of fused-ring (bicyclic) bond motifs is 6. The van der Waals surface area contributed by atoms with Crippen LogP contribution in [0.3, 0.4) is 0 Å². The molecule has 1 N–H and O–H groups in total. The molecule has 1 saturated carbocycles. The minimum Gasteiger partial charge on any atom is -0.350 e. The highest BCUT2D eigenvalue weighted by Gasteiger charge is 2.43. The van der Waals surface area contributed by atoms with Crippen molar-refractivity contribution < 1.29 is 4.79 Å². The van der Waals surface area contributed by atoms with E-state index in [4.69, 9.17) is 0 Å². The van der Waals surface area contributed by atoms with Crippen molar-refractivity contribution in [1.29, 1.82) is 0 Å². The van der Waals surface area contributed by atoms with Crippen LogP contribution in [0.25, 0.3) is 11.6 Å². The van der Waals surface area contributed by atoms with Gasteiger partial charge in [-0.25, -0.2) is 0 Å². The molecule has 2 atom stereocenters. The summed E-state index contributed by atoms with van der Waals surface area (Å²) in [4.78, 5) is 15.8. The van der Waals surface area contributed by atoms with Gasteiger partial charge < -0.3 is 5.32 Å². The van der Waals surface area contributed by atoms with Gasteiger partial charge in [0.1, 0.15) is 0 Å². The molecular formula is C29H34N2O. The summed E-state index contributed by atoms with van der Waals surface area (Å²) in [6, 6.07) is 19.1. The highest BCUT2D eigenvalue weighted by Crippen LogP contribution is 2.53. The predicted octanol–water partition coefficient (Wildman–Crippen LogP) is 4.37. The molecule has 0 spiro atoms. The molecule has 0 radical (unpaired) electrons. The summed E-state index contributed by atoms with van der Waals surface area (Å²) in [7, 11) is 0. The Hall–Kier alpha value is -2.39. The van der Waals surface area contributed by atoms with Crippen LogP contribution in [-0.4, -0.2) is 23.4 Å². The van der Waals surface area contributed by atoms with Gasteiger partial charge in [0, 0.05) is 23.7 Å². The molecule has 2 aliphatic heterocycles. The molecule has 2 aromatic carbocycles. The summed E-state index contributed by atoms with van der Waals surface area (Å²) < 4.78 is 0. The van der Waals surface area contributed by atoms with Gasteiger partial charge in [-0.15, -0.1) is 0 Å². The third-order valence-electron chi connectivity index (χ3n) is 8.52. The Morgan fingerprint density at radius 2 is 1.56 bits per heavy atom. The molecular weight excluding hydrogens is 392 g/mol. The summed E-state index contributed by atoms with van der Waals surface area (Å²) in [5, 5.41) is 5.73. The average molecular weight is 427 g/mol. The zero-order chi connectivity index (χ0) is 21.5. The lowest BCUT2D eigenvalue weighted by Crippen LogP contribution is -2.42. The molecule has 6 rings (SSSR count). The van der Waals surface area contributed by atoms with Gasteiger partial charge in [-0.05, 0) is 91.8 Å². The predicted molar refractivity (Wildman–Crippen MR) is 129 cm³/mol. The molecule has 3 nitrogen and oxygen atoms in total. The van der Waals surface area contributed by atoms with Crippen LogP contribution in [0.1, 0.15) is 81.0 Å². The number of benzene rings is 2. The zero-order valence-corrected chi connectivity index (χ0v) is 18.9. The van der Waals surface area contributed by atoms with E-state index in [-0.39, 0.29) is 5.91 Å². The smallest absolute Gasteiger partial charge is 0.248 e. The van der Waals surface area contributed by atoms with E-state index in [0.717, 1.165) is 42.4 Å². The van der Waals surface area contributed by atoms with Crippen molar-refractivity contribution in [2.24, 2.45) is 5.92 Å². The van der Waals surface area contributed by atoms with Crippen molar-refractivity contribution >= 4 is 17.6 Å². The van der Waals surface area contributed by atoms with Crippen molar-refractivity contribution in [3.63, 3.8) is 0 Å². The molecule has 2 aromatic rings. The molecule has 3 heteroatoms. The Balaban J connectivity index is 1.02. The first kappa shape index (κ1) is 20.2. The van der Waals surface area contributed by atoms with Crippen LogP contribution in [0.2, 0.25) is 0 Å². The lowest BCUT2D eigenvalue weighted by atomic mass is 9.83. The van der Waals surface area contributed by atoms with E-state index < -0.39 is 0 Å². The van der Waals surface area contributed by atoms with Crippen LogP contribution in [0, 0.1) is 5.92 Å². The van der Waals surface area contributed by atoms with E-state index in [9.17, 15) is 4.79 Å². The van der Waals surface area contributed by atoms with E-state index in [1.54, 1.807) is 11.1 Å². The fourth-order valence-corrected chi connectivity index (χ4v) is 6.85. The van der Waals surface area contributed by atoms with Crippen LogP contribution in [0.15, 0.2) is 48.5 Å².